The van der Waals surface area contributed by atoms with Crippen molar-refractivity contribution in [2.24, 2.45) is 5.73 Å². The maximum Gasteiger partial charge on any atom is 0.152 e. The van der Waals surface area contributed by atoms with Gasteiger partial charge in [-0.2, -0.15) is 5.26 Å². The highest BCUT2D eigenvalue weighted by Gasteiger charge is 2.19. The molecule has 0 saturated heterocycles. The number of rotatable bonds is 2. The van der Waals surface area contributed by atoms with Crippen molar-refractivity contribution in [1.29, 1.82) is 5.26 Å². The van der Waals surface area contributed by atoms with Gasteiger partial charge in [0, 0.05) is 19.6 Å². The molecule has 0 aliphatic carbocycles. The van der Waals surface area contributed by atoms with Gasteiger partial charge in [-0.05, 0) is 17.7 Å². The number of hydrogen-bond donors (Lipinski definition) is 1. The quantitative estimate of drug-likeness (QED) is 0.849. The molecule has 0 spiro atoms. The first-order valence-electron chi connectivity index (χ1n) is 6.16. The monoisotopic (exact) mass is 254 g/mol. The number of benzene rings is 1. The van der Waals surface area contributed by atoms with Crippen LogP contribution in [0.5, 0.6) is 0 Å². The van der Waals surface area contributed by atoms with Crippen LogP contribution in [0.1, 0.15) is 17.0 Å². The van der Waals surface area contributed by atoms with Crippen LogP contribution in [-0.2, 0) is 19.6 Å². The molecule has 96 valence electrons. The molecule has 19 heavy (non-hydrogen) atoms. The fourth-order valence-corrected chi connectivity index (χ4v) is 2.35. The Labute approximate surface area is 111 Å². The fourth-order valence-electron chi connectivity index (χ4n) is 2.35. The van der Waals surface area contributed by atoms with Crippen molar-refractivity contribution >= 4 is 5.69 Å². The minimum absolute atomic E-state index is 0.448. The molecule has 2 N–H and O–H groups in total. The van der Waals surface area contributed by atoms with Crippen LogP contribution in [0.3, 0.4) is 0 Å². The van der Waals surface area contributed by atoms with Gasteiger partial charge in [-0.3, -0.25) is 0 Å². The van der Waals surface area contributed by atoms with E-state index in [0.29, 0.717) is 18.7 Å². The molecule has 1 aromatic heterocycles. The summed E-state index contributed by atoms with van der Waals surface area (Å²) in [6.45, 7) is 2.81. The van der Waals surface area contributed by atoms with Gasteiger partial charge in [0.25, 0.3) is 0 Å². The first-order valence-corrected chi connectivity index (χ1v) is 6.16. The summed E-state index contributed by atoms with van der Waals surface area (Å²) in [7, 11) is 0. The lowest BCUT2D eigenvalue weighted by molar-refractivity contribution is 0.560. The smallest absolute Gasteiger partial charge is 0.152 e. The average molecular weight is 254 g/mol. The zero-order valence-corrected chi connectivity index (χ0v) is 10.5. The van der Waals surface area contributed by atoms with Gasteiger partial charge in [-0.15, -0.1) is 10.2 Å². The molecule has 1 aromatic carbocycles. The Morgan fingerprint density at radius 2 is 2.26 bits per heavy atom. The highest BCUT2D eigenvalue weighted by atomic mass is 15.3. The van der Waals surface area contributed by atoms with Gasteiger partial charge in [0.2, 0.25) is 0 Å². The molecular formula is C13H14N6. The second-order valence-corrected chi connectivity index (χ2v) is 4.53. The lowest BCUT2D eigenvalue weighted by Gasteiger charge is -2.29. The van der Waals surface area contributed by atoms with Gasteiger partial charge in [-0.25, -0.2) is 0 Å². The summed E-state index contributed by atoms with van der Waals surface area (Å²) in [5.41, 5.74) is 8.18. The van der Waals surface area contributed by atoms with E-state index in [-0.39, 0.29) is 0 Å². The summed E-state index contributed by atoms with van der Waals surface area (Å²) in [6, 6.07) is 8.03. The van der Waals surface area contributed by atoms with E-state index in [1.807, 2.05) is 22.8 Å². The van der Waals surface area contributed by atoms with Crippen LogP contribution in [-0.4, -0.2) is 21.3 Å². The maximum atomic E-state index is 9.27. The van der Waals surface area contributed by atoms with Gasteiger partial charge >= 0.3 is 0 Å². The normalized spacial score (nSPS) is 14.0. The van der Waals surface area contributed by atoms with Gasteiger partial charge in [0.15, 0.2) is 5.82 Å². The molecule has 3 rings (SSSR count). The van der Waals surface area contributed by atoms with Crippen LogP contribution < -0.4 is 10.6 Å². The Balaban J connectivity index is 1.94. The lowest BCUT2D eigenvalue weighted by atomic mass is 10.1. The minimum Gasteiger partial charge on any atom is -0.361 e. The predicted molar refractivity (Wildman–Crippen MR) is 70.1 cm³/mol. The van der Waals surface area contributed by atoms with Gasteiger partial charge in [0.1, 0.15) is 12.4 Å². The molecule has 6 heteroatoms. The Morgan fingerprint density at radius 3 is 3.05 bits per heavy atom. The van der Waals surface area contributed by atoms with E-state index in [0.717, 1.165) is 30.2 Å². The van der Waals surface area contributed by atoms with E-state index in [9.17, 15) is 5.26 Å². The predicted octanol–water partition coefficient (Wildman–Crippen LogP) is 0.629. The summed E-state index contributed by atoms with van der Waals surface area (Å²) in [5.74, 6) is 0.929. The maximum absolute atomic E-state index is 9.27. The SMILES string of the molecule is N#Cc1cc(CN)ccc1N1CCn2cnnc2C1. The summed E-state index contributed by atoms with van der Waals surface area (Å²) in [5, 5.41) is 17.3. The van der Waals surface area contributed by atoms with Crippen molar-refractivity contribution in [3.8, 4) is 6.07 Å². The van der Waals surface area contributed by atoms with Crippen LogP contribution in [0.25, 0.3) is 0 Å². The van der Waals surface area contributed by atoms with Crippen molar-refractivity contribution in [3.05, 3.63) is 41.5 Å². The first-order chi connectivity index (χ1) is 9.31. The molecule has 6 nitrogen and oxygen atoms in total. The zero-order chi connectivity index (χ0) is 13.2. The Bertz CT molecular complexity index is 639. The molecule has 0 unspecified atom stereocenters. The van der Waals surface area contributed by atoms with Crippen molar-refractivity contribution in [3.63, 3.8) is 0 Å². The summed E-state index contributed by atoms with van der Waals surface area (Å²) in [6.07, 6.45) is 1.75. The van der Waals surface area contributed by atoms with Gasteiger partial charge < -0.3 is 15.2 Å². The van der Waals surface area contributed by atoms with Crippen LogP contribution in [0, 0.1) is 11.3 Å². The molecule has 0 amide bonds. The van der Waals surface area contributed by atoms with E-state index >= 15 is 0 Å². The topological polar surface area (TPSA) is 83.8 Å². The van der Waals surface area contributed by atoms with Crippen molar-refractivity contribution < 1.29 is 0 Å². The second kappa shape index (κ2) is 4.71. The average Bonchev–Trinajstić information content (AvgIpc) is 2.93. The number of nitrogens with zero attached hydrogens (tertiary/aromatic N) is 5. The first kappa shape index (κ1) is 11.7. The number of aromatic nitrogens is 3. The largest absolute Gasteiger partial charge is 0.361 e. The van der Waals surface area contributed by atoms with Crippen LogP contribution in [0.15, 0.2) is 24.5 Å². The van der Waals surface area contributed by atoms with Crippen molar-refractivity contribution in [2.75, 3.05) is 11.4 Å². The van der Waals surface area contributed by atoms with Crippen molar-refractivity contribution in [2.45, 2.75) is 19.6 Å². The molecule has 0 saturated carbocycles. The molecule has 2 heterocycles. The summed E-state index contributed by atoms with van der Waals surface area (Å²) in [4.78, 5) is 2.16. The van der Waals surface area contributed by atoms with E-state index in [2.05, 4.69) is 21.2 Å². The van der Waals surface area contributed by atoms with Gasteiger partial charge in [-0.1, -0.05) is 6.07 Å². The number of hydrogen-bond acceptors (Lipinski definition) is 5. The summed E-state index contributed by atoms with van der Waals surface area (Å²) >= 11 is 0. The van der Waals surface area contributed by atoms with Crippen LogP contribution in [0.4, 0.5) is 5.69 Å². The third-order valence-corrected chi connectivity index (χ3v) is 3.40. The van der Waals surface area contributed by atoms with Crippen LogP contribution >= 0.6 is 0 Å². The molecule has 0 atom stereocenters. The Hall–Kier alpha value is -2.39. The van der Waals surface area contributed by atoms with Crippen molar-refractivity contribution in [1.82, 2.24) is 14.8 Å². The molecule has 0 bridgehead atoms. The zero-order valence-electron chi connectivity index (χ0n) is 10.5. The third-order valence-electron chi connectivity index (χ3n) is 3.40. The highest BCUT2D eigenvalue weighted by molar-refractivity contribution is 5.60. The Kier molecular flexibility index (Phi) is 2.89. The van der Waals surface area contributed by atoms with Gasteiger partial charge in [0.05, 0.1) is 17.8 Å². The van der Waals surface area contributed by atoms with E-state index < -0.39 is 0 Å². The molecule has 1 aliphatic rings. The fraction of sp³-hybridized carbons (Fsp3) is 0.308. The number of fused-ring (bicyclic) bond motifs is 1. The number of nitriles is 1. The van der Waals surface area contributed by atoms with Crippen LogP contribution in [0.2, 0.25) is 0 Å². The number of nitrogens with two attached hydrogens (primary N) is 1. The molecular weight excluding hydrogens is 240 g/mol. The highest BCUT2D eigenvalue weighted by Crippen LogP contribution is 2.24. The third kappa shape index (κ3) is 2.04. The standard InChI is InChI=1S/C13H14N6/c14-6-10-1-2-12(11(5-10)7-15)18-3-4-19-9-16-17-13(19)8-18/h1-2,5,9H,3-4,6,8,14H2. The Morgan fingerprint density at radius 1 is 1.37 bits per heavy atom. The minimum atomic E-state index is 0.448. The van der Waals surface area contributed by atoms with E-state index in [1.54, 1.807) is 6.33 Å². The molecule has 0 radical (unpaired) electrons. The molecule has 1 aliphatic heterocycles. The molecule has 2 aromatic rings. The second-order valence-electron chi connectivity index (χ2n) is 4.53. The molecule has 0 fully saturated rings. The van der Waals surface area contributed by atoms with E-state index in [4.69, 9.17) is 5.73 Å². The van der Waals surface area contributed by atoms with E-state index in [1.165, 1.54) is 0 Å². The summed E-state index contributed by atoms with van der Waals surface area (Å²) < 4.78 is 2.04. The lowest BCUT2D eigenvalue weighted by Crippen LogP contribution is -2.34. The number of anilines is 1.